The van der Waals surface area contributed by atoms with Crippen LogP contribution in [0.25, 0.3) is 22.4 Å². The van der Waals surface area contributed by atoms with E-state index in [4.69, 9.17) is 5.73 Å². The van der Waals surface area contributed by atoms with Crippen molar-refractivity contribution < 1.29 is 8.78 Å². The summed E-state index contributed by atoms with van der Waals surface area (Å²) in [5.74, 6) is -1.01. The summed E-state index contributed by atoms with van der Waals surface area (Å²) in [6, 6.07) is 12.0. The number of fused-ring (bicyclic) bond motifs is 1. The van der Waals surface area contributed by atoms with E-state index in [0.29, 0.717) is 24.1 Å². The van der Waals surface area contributed by atoms with Gasteiger partial charge in [-0.15, -0.1) is 0 Å². The van der Waals surface area contributed by atoms with Gasteiger partial charge < -0.3 is 10.3 Å². The Balaban J connectivity index is 2.15. The highest BCUT2D eigenvalue weighted by molar-refractivity contribution is 5.80. The van der Waals surface area contributed by atoms with E-state index in [-0.39, 0.29) is 0 Å². The molecule has 0 spiro atoms. The second kappa shape index (κ2) is 6.23. The van der Waals surface area contributed by atoms with E-state index in [0.717, 1.165) is 30.3 Å². The molecule has 0 fully saturated rings. The van der Waals surface area contributed by atoms with Crippen LogP contribution < -0.4 is 5.73 Å². The van der Waals surface area contributed by atoms with Crippen molar-refractivity contribution in [3.63, 3.8) is 0 Å². The van der Waals surface area contributed by atoms with Crippen LogP contribution in [0.15, 0.2) is 42.5 Å². The Bertz CT molecular complexity index is 781. The molecule has 2 N–H and O–H groups in total. The van der Waals surface area contributed by atoms with Gasteiger partial charge in [-0.05, 0) is 19.4 Å². The smallest absolute Gasteiger partial charge is 0.161 e. The zero-order valence-corrected chi connectivity index (χ0v) is 12.1. The first kappa shape index (κ1) is 14.7. The number of benzene rings is 2. The maximum atomic E-state index is 13.6. The second-order valence-corrected chi connectivity index (χ2v) is 5.20. The third kappa shape index (κ3) is 2.72. The van der Waals surface area contributed by atoms with Crippen molar-refractivity contribution in [2.24, 2.45) is 5.73 Å². The molecule has 3 rings (SSSR count). The Kier molecular flexibility index (Phi) is 4.15. The van der Waals surface area contributed by atoms with Crippen LogP contribution in [-0.2, 0) is 6.54 Å². The summed E-state index contributed by atoms with van der Waals surface area (Å²) >= 11 is 0. The first-order chi connectivity index (χ1) is 10.7. The van der Waals surface area contributed by atoms with E-state index < -0.39 is 11.6 Å². The molecule has 0 radical (unpaired) electrons. The summed E-state index contributed by atoms with van der Waals surface area (Å²) in [5, 5.41) is 0. The summed E-state index contributed by atoms with van der Waals surface area (Å²) in [6.45, 7) is 1.28. The predicted molar refractivity (Wildman–Crippen MR) is 83.4 cm³/mol. The van der Waals surface area contributed by atoms with E-state index in [1.807, 2.05) is 34.9 Å². The number of halogens is 2. The van der Waals surface area contributed by atoms with E-state index in [2.05, 4.69) is 4.98 Å². The Morgan fingerprint density at radius 1 is 1.00 bits per heavy atom. The molecule has 0 aliphatic heterocycles. The summed E-state index contributed by atoms with van der Waals surface area (Å²) in [6.07, 6.45) is 1.73. The molecular formula is C17H17F2N3. The zero-order chi connectivity index (χ0) is 15.5. The molecule has 1 heterocycles. The molecule has 0 saturated heterocycles. The number of nitrogens with two attached hydrogens (primary N) is 1. The number of aromatic nitrogens is 2. The molecule has 22 heavy (non-hydrogen) atoms. The standard InChI is InChI=1S/C17H17F2N3/c18-13-10-15-16(11-14(13)19)22(9-5-4-8-20)17(21-15)12-6-2-1-3-7-12/h1-3,6-7,10-11H,4-5,8-9,20H2. The highest BCUT2D eigenvalue weighted by Crippen LogP contribution is 2.26. The molecule has 0 unspecified atom stereocenters. The van der Waals surface area contributed by atoms with Crippen molar-refractivity contribution in [3.8, 4) is 11.4 Å². The Morgan fingerprint density at radius 3 is 2.45 bits per heavy atom. The number of unbranched alkanes of at least 4 members (excludes halogenated alkanes) is 1. The average Bonchev–Trinajstić information content (AvgIpc) is 2.87. The number of hydrogen-bond acceptors (Lipinski definition) is 2. The molecule has 0 aliphatic rings. The minimum Gasteiger partial charge on any atom is -0.330 e. The highest BCUT2D eigenvalue weighted by Gasteiger charge is 2.15. The van der Waals surface area contributed by atoms with Crippen LogP contribution in [0.3, 0.4) is 0 Å². The molecule has 5 heteroatoms. The normalized spacial score (nSPS) is 11.2. The van der Waals surface area contributed by atoms with Crippen molar-refractivity contribution >= 4 is 11.0 Å². The lowest BCUT2D eigenvalue weighted by molar-refractivity contribution is 0.510. The lowest BCUT2D eigenvalue weighted by atomic mass is 10.2. The quantitative estimate of drug-likeness (QED) is 0.730. The van der Waals surface area contributed by atoms with Gasteiger partial charge in [-0.25, -0.2) is 13.8 Å². The minimum absolute atomic E-state index is 0.463. The number of imidazole rings is 1. The second-order valence-electron chi connectivity index (χ2n) is 5.20. The monoisotopic (exact) mass is 301 g/mol. The fourth-order valence-electron chi connectivity index (χ4n) is 2.57. The Labute approximate surface area is 127 Å². The highest BCUT2D eigenvalue weighted by atomic mass is 19.2. The summed E-state index contributed by atoms with van der Waals surface area (Å²) in [4.78, 5) is 4.49. The maximum absolute atomic E-state index is 13.6. The molecule has 1 aromatic heterocycles. The largest absolute Gasteiger partial charge is 0.330 e. The maximum Gasteiger partial charge on any atom is 0.161 e. The summed E-state index contributed by atoms with van der Waals surface area (Å²) in [5.41, 5.74) is 7.53. The molecule has 114 valence electrons. The zero-order valence-electron chi connectivity index (χ0n) is 12.1. The molecule has 0 bridgehead atoms. The Hall–Kier alpha value is -2.27. The third-order valence-corrected chi connectivity index (χ3v) is 3.66. The molecule has 3 nitrogen and oxygen atoms in total. The van der Waals surface area contributed by atoms with Gasteiger partial charge >= 0.3 is 0 Å². The molecule has 0 aliphatic carbocycles. The average molecular weight is 301 g/mol. The molecule has 0 atom stereocenters. The molecule has 0 amide bonds. The topological polar surface area (TPSA) is 43.8 Å². The van der Waals surface area contributed by atoms with Crippen LogP contribution in [-0.4, -0.2) is 16.1 Å². The third-order valence-electron chi connectivity index (χ3n) is 3.66. The van der Waals surface area contributed by atoms with Gasteiger partial charge in [0.2, 0.25) is 0 Å². The van der Waals surface area contributed by atoms with Crippen molar-refractivity contribution in [2.45, 2.75) is 19.4 Å². The van der Waals surface area contributed by atoms with E-state index in [1.165, 1.54) is 6.07 Å². The van der Waals surface area contributed by atoms with E-state index in [1.54, 1.807) is 0 Å². The van der Waals surface area contributed by atoms with Crippen LogP contribution in [0.1, 0.15) is 12.8 Å². The van der Waals surface area contributed by atoms with Crippen molar-refractivity contribution in [3.05, 3.63) is 54.1 Å². The summed E-state index contributed by atoms with van der Waals surface area (Å²) in [7, 11) is 0. The molecule has 3 aromatic rings. The minimum atomic E-state index is -0.876. The van der Waals surface area contributed by atoms with Gasteiger partial charge in [-0.2, -0.15) is 0 Å². The van der Waals surface area contributed by atoms with E-state index in [9.17, 15) is 8.78 Å². The van der Waals surface area contributed by atoms with Gasteiger partial charge in [0.25, 0.3) is 0 Å². The van der Waals surface area contributed by atoms with Crippen molar-refractivity contribution in [1.29, 1.82) is 0 Å². The number of aryl methyl sites for hydroxylation is 1. The Morgan fingerprint density at radius 2 is 1.73 bits per heavy atom. The van der Waals surface area contributed by atoms with Crippen LogP contribution in [0.5, 0.6) is 0 Å². The van der Waals surface area contributed by atoms with Crippen LogP contribution >= 0.6 is 0 Å². The molecule has 2 aromatic carbocycles. The fourth-order valence-corrected chi connectivity index (χ4v) is 2.57. The number of hydrogen-bond donors (Lipinski definition) is 1. The fraction of sp³-hybridized carbons (Fsp3) is 0.235. The SMILES string of the molecule is NCCCCn1c(-c2ccccc2)nc2cc(F)c(F)cc21. The van der Waals surface area contributed by atoms with Gasteiger partial charge in [0.05, 0.1) is 11.0 Å². The first-order valence-corrected chi connectivity index (χ1v) is 7.31. The van der Waals surface area contributed by atoms with Gasteiger partial charge in [-0.3, -0.25) is 0 Å². The van der Waals surface area contributed by atoms with Gasteiger partial charge in [-0.1, -0.05) is 30.3 Å². The van der Waals surface area contributed by atoms with Gasteiger partial charge in [0.1, 0.15) is 5.82 Å². The van der Waals surface area contributed by atoms with E-state index >= 15 is 0 Å². The lowest BCUT2D eigenvalue weighted by Gasteiger charge is -2.09. The summed E-state index contributed by atoms with van der Waals surface area (Å²) < 4.78 is 29.0. The number of rotatable bonds is 5. The lowest BCUT2D eigenvalue weighted by Crippen LogP contribution is -2.05. The van der Waals surface area contributed by atoms with Crippen LogP contribution in [0, 0.1) is 11.6 Å². The number of nitrogens with zero attached hydrogens (tertiary/aromatic N) is 2. The first-order valence-electron chi connectivity index (χ1n) is 7.31. The van der Waals surface area contributed by atoms with Gasteiger partial charge in [0, 0.05) is 24.2 Å². The predicted octanol–water partition coefficient (Wildman–Crippen LogP) is 3.72. The van der Waals surface area contributed by atoms with Gasteiger partial charge in [0.15, 0.2) is 11.6 Å². The van der Waals surface area contributed by atoms with Crippen LogP contribution in [0.2, 0.25) is 0 Å². The van der Waals surface area contributed by atoms with Crippen LogP contribution in [0.4, 0.5) is 8.78 Å². The molecule has 0 saturated carbocycles. The van der Waals surface area contributed by atoms with Crippen molar-refractivity contribution in [1.82, 2.24) is 9.55 Å². The molecular weight excluding hydrogens is 284 g/mol. The van der Waals surface area contributed by atoms with Crippen molar-refractivity contribution in [2.75, 3.05) is 6.54 Å².